The van der Waals surface area contributed by atoms with Crippen molar-refractivity contribution in [3.8, 4) is 0 Å². The Morgan fingerprint density at radius 3 is 2.78 bits per heavy atom. The molecular formula is C15H19NO2. The van der Waals surface area contributed by atoms with Crippen LogP contribution in [0, 0.1) is 0 Å². The van der Waals surface area contributed by atoms with Crippen LogP contribution in [0.4, 0.5) is 0 Å². The van der Waals surface area contributed by atoms with Crippen LogP contribution in [0.2, 0.25) is 0 Å². The predicted molar refractivity (Wildman–Crippen MR) is 72.4 cm³/mol. The molecule has 0 aliphatic rings. The van der Waals surface area contributed by atoms with E-state index in [-0.39, 0.29) is 0 Å². The first-order chi connectivity index (χ1) is 8.60. The second-order valence-electron chi connectivity index (χ2n) is 4.73. The van der Waals surface area contributed by atoms with Crippen molar-refractivity contribution in [2.45, 2.75) is 32.0 Å². The van der Waals surface area contributed by atoms with Crippen LogP contribution in [0.25, 0.3) is 10.9 Å². The summed E-state index contributed by atoms with van der Waals surface area (Å²) in [5.41, 5.74) is 1.15. The van der Waals surface area contributed by atoms with Gasteiger partial charge in [0.25, 0.3) is 0 Å². The van der Waals surface area contributed by atoms with E-state index < -0.39 is 11.7 Å². The lowest BCUT2D eigenvalue weighted by molar-refractivity contribution is -0.0944. The topological polar surface area (TPSA) is 42.4 Å². The van der Waals surface area contributed by atoms with Crippen LogP contribution in [-0.2, 0) is 4.74 Å². The molecule has 0 aliphatic carbocycles. The molecule has 1 aromatic heterocycles. The lowest BCUT2D eigenvalue weighted by atomic mass is 9.90. The number of methoxy groups -OCH3 is 1. The zero-order valence-electron chi connectivity index (χ0n) is 11.1. The van der Waals surface area contributed by atoms with Crippen LogP contribution >= 0.6 is 0 Å². The zero-order chi connectivity index (χ0) is 13.2. The van der Waals surface area contributed by atoms with E-state index >= 15 is 0 Å². The van der Waals surface area contributed by atoms with Gasteiger partial charge < -0.3 is 9.84 Å². The van der Waals surface area contributed by atoms with Gasteiger partial charge in [0.05, 0.1) is 11.1 Å². The molecule has 2 unspecified atom stereocenters. The number of hydrogen-bond acceptors (Lipinski definition) is 3. The number of benzene rings is 1. The summed E-state index contributed by atoms with van der Waals surface area (Å²) in [5, 5.41) is 11.5. The largest absolute Gasteiger partial charge is 0.385 e. The van der Waals surface area contributed by atoms with E-state index in [1.165, 1.54) is 0 Å². The van der Waals surface area contributed by atoms with Gasteiger partial charge in [0.15, 0.2) is 0 Å². The second kappa shape index (κ2) is 5.04. The molecule has 3 heteroatoms. The van der Waals surface area contributed by atoms with Crippen molar-refractivity contribution in [3.63, 3.8) is 0 Å². The maximum Gasteiger partial charge on any atom is 0.109 e. The van der Waals surface area contributed by atoms with Gasteiger partial charge in [-0.25, -0.2) is 0 Å². The van der Waals surface area contributed by atoms with Crippen LogP contribution < -0.4 is 0 Å². The van der Waals surface area contributed by atoms with Crippen molar-refractivity contribution in [3.05, 3.63) is 42.1 Å². The first-order valence-corrected chi connectivity index (χ1v) is 6.18. The second-order valence-corrected chi connectivity index (χ2v) is 4.73. The minimum absolute atomic E-state index is 0.579. The number of ether oxygens (including phenoxy) is 1. The molecule has 0 bridgehead atoms. The minimum atomic E-state index is -0.676. The van der Waals surface area contributed by atoms with Crippen LogP contribution in [0.1, 0.15) is 31.9 Å². The highest BCUT2D eigenvalue weighted by atomic mass is 16.5. The number of aliphatic hydroxyl groups excluding tert-OH is 1. The fourth-order valence-electron chi connectivity index (χ4n) is 2.04. The third-order valence-corrected chi connectivity index (χ3v) is 3.67. The summed E-state index contributed by atoms with van der Waals surface area (Å²) < 4.78 is 5.44. The highest BCUT2D eigenvalue weighted by Gasteiger charge is 2.32. The molecule has 0 saturated heterocycles. The zero-order valence-corrected chi connectivity index (χ0v) is 11.1. The Labute approximate surface area is 107 Å². The summed E-state index contributed by atoms with van der Waals surface area (Å²) in [6, 6.07) is 9.85. The number of fused-ring (bicyclic) bond motifs is 1. The SMILES string of the molecule is CCC(C)(OC)C(O)c1cnc2ccccc2c1. The van der Waals surface area contributed by atoms with E-state index in [4.69, 9.17) is 4.74 Å². The molecule has 1 N–H and O–H groups in total. The molecular weight excluding hydrogens is 226 g/mol. The lowest BCUT2D eigenvalue weighted by Gasteiger charge is -2.32. The van der Waals surface area contributed by atoms with E-state index in [2.05, 4.69) is 4.98 Å². The first kappa shape index (κ1) is 13.0. The highest BCUT2D eigenvalue weighted by Crippen LogP contribution is 2.32. The normalized spacial score (nSPS) is 16.4. The van der Waals surface area contributed by atoms with E-state index in [9.17, 15) is 5.11 Å². The van der Waals surface area contributed by atoms with Gasteiger partial charge in [-0.2, -0.15) is 0 Å². The Morgan fingerprint density at radius 2 is 2.11 bits per heavy atom. The summed E-state index contributed by atoms with van der Waals surface area (Å²) in [6.45, 7) is 3.91. The maximum atomic E-state index is 10.4. The van der Waals surface area contributed by atoms with Crippen LogP contribution in [0.15, 0.2) is 36.5 Å². The molecule has 0 fully saturated rings. The standard InChI is InChI=1S/C15H19NO2/c1-4-15(2,18-3)14(17)12-9-11-7-5-6-8-13(11)16-10-12/h5-10,14,17H,4H2,1-3H3. The Morgan fingerprint density at radius 1 is 1.39 bits per heavy atom. The molecule has 1 heterocycles. The molecule has 1 aromatic carbocycles. The molecule has 3 nitrogen and oxygen atoms in total. The average Bonchev–Trinajstić information content (AvgIpc) is 2.45. The van der Waals surface area contributed by atoms with Crippen LogP contribution in [-0.4, -0.2) is 22.8 Å². The van der Waals surface area contributed by atoms with E-state index in [0.29, 0.717) is 0 Å². The number of nitrogens with zero attached hydrogens (tertiary/aromatic N) is 1. The number of para-hydroxylation sites is 1. The summed E-state index contributed by atoms with van der Waals surface area (Å²) in [7, 11) is 1.63. The Hall–Kier alpha value is -1.45. The summed E-state index contributed by atoms with van der Waals surface area (Å²) in [5.74, 6) is 0. The Kier molecular flexibility index (Phi) is 3.64. The summed E-state index contributed by atoms with van der Waals surface area (Å²) in [4.78, 5) is 4.37. The number of pyridine rings is 1. The van der Waals surface area contributed by atoms with Crippen molar-refractivity contribution in [2.24, 2.45) is 0 Å². The molecule has 96 valence electrons. The quantitative estimate of drug-likeness (QED) is 0.900. The van der Waals surface area contributed by atoms with Gasteiger partial charge in [0.2, 0.25) is 0 Å². The smallest absolute Gasteiger partial charge is 0.109 e. The van der Waals surface area contributed by atoms with Crippen molar-refractivity contribution < 1.29 is 9.84 Å². The van der Waals surface area contributed by atoms with Crippen molar-refractivity contribution in [2.75, 3.05) is 7.11 Å². The molecule has 0 radical (unpaired) electrons. The third kappa shape index (κ3) is 2.24. The van der Waals surface area contributed by atoms with Crippen molar-refractivity contribution >= 4 is 10.9 Å². The van der Waals surface area contributed by atoms with Gasteiger partial charge in [0.1, 0.15) is 6.10 Å². The number of rotatable bonds is 4. The van der Waals surface area contributed by atoms with Gasteiger partial charge in [-0.15, -0.1) is 0 Å². The highest BCUT2D eigenvalue weighted by molar-refractivity contribution is 5.78. The average molecular weight is 245 g/mol. The van der Waals surface area contributed by atoms with Crippen LogP contribution in [0.5, 0.6) is 0 Å². The summed E-state index contributed by atoms with van der Waals surface area (Å²) >= 11 is 0. The van der Waals surface area contributed by atoms with Gasteiger partial charge in [-0.3, -0.25) is 4.98 Å². The number of aliphatic hydroxyl groups is 1. The van der Waals surface area contributed by atoms with Gasteiger partial charge >= 0.3 is 0 Å². The minimum Gasteiger partial charge on any atom is -0.385 e. The molecule has 0 saturated carbocycles. The fourth-order valence-corrected chi connectivity index (χ4v) is 2.04. The van der Waals surface area contributed by atoms with Gasteiger partial charge in [-0.05, 0) is 25.5 Å². The van der Waals surface area contributed by atoms with E-state index in [1.807, 2.05) is 44.2 Å². The van der Waals surface area contributed by atoms with Gasteiger partial charge in [-0.1, -0.05) is 25.1 Å². The maximum absolute atomic E-state index is 10.4. The molecule has 0 spiro atoms. The van der Waals surface area contributed by atoms with E-state index in [1.54, 1.807) is 13.3 Å². The Balaban J connectivity index is 2.42. The number of aromatic nitrogens is 1. The number of hydrogen-bond donors (Lipinski definition) is 1. The first-order valence-electron chi connectivity index (χ1n) is 6.18. The molecule has 2 atom stereocenters. The lowest BCUT2D eigenvalue weighted by Crippen LogP contribution is -2.34. The third-order valence-electron chi connectivity index (χ3n) is 3.67. The summed E-state index contributed by atoms with van der Waals surface area (Å²) in [6.07, 6.45) is 1.78. The van der Waals surface area contributed by atoms with Crippen molar-refractivity contribution in [1.29, 1.82) is 0 Å². The molecule has 0 aliphatic heterocycles. The van der Waals surface area contributed by atoms with Gasteiger partial charge in [0, 0.05) is 24.3 Å². The monoisotopic (exact) mass is 245 g/mol. The van der Waals surface area contributed by atoms with E-state index in [0.717, 1.165) is 22.9 Å². The van der Waals surface area contributed by atoms with Crippen molar-refractivity contribution in [1.82, 2.24) is 4.98 Å². The molecule has 0 amide bonds. The Bertz CT molecular complexity index is 535. The predicted octanol–water partition coefficient (Wildman–Crippen LogP) is 3.08. The molecule has 2 rings (SSSR count). The molecule has 18 heavy (non-hydrogen) atoms. The molecule has 2 aromatic rings. The van der Waals surface area contributed by atoms with Crippen LogP contribution in [0.3, 0.4) is 0 Å². The fraction of sp³-hybridized carbons (Fsp3) is 0.400.